The molecular weight excluding hydrogens is 411 g/mol. The lowest BCUT2D eigenvalue weighted by Gasteiger charge is -2.20. The fraction of sp³-hybridized carbons (Fsp3) is 0.500. The maximum atomic E-state index is 14.5. The minimum Gasteiger partial charge on any atom is -0.386 e. The monoisotopic (exact) mass is 440 g/mol. The molecule has 1 aromatic heterocycles. The van der Waals surface area contributed by atoms with E-state index in [2.05, 4.69) is 0 Å². The average Bonchev–Trinajstić information content (AvgIpc) is 3.04. The fourth-order valence-corrected chi connectivity index (χ4v) is 6.02. The molecule has 160 valence electrons. The summed E-state index contributed by atoms with van der Waals surface area (Å²) in [6.45, 7) is 10.8. The Kier molecular flexibility index (Phi) is 7.08. The number of Topliss-reactive ketones (excluding diaryl/α,β-unsaturated/α-hetero) is 1. The molecule has 4 nitrogen and oxygen atoms in total. The number of thiophene rings is 1. The van der Waals surface area contributed by atoms with Gasteiger partial charge in [0, 0.05) is 6.42 Å². The van der Waals surface area contributed by atoms with E-state index in [-0.39, 0.29) is 28.3 Å². The third-order valence-corrected chi connectivity index (χ3v) is 8.06. The molecule has 0 saturated carbocycles. The molecule has 2 aromatic rings. The minimum atomic E-state index is -3.83. The summed E-state index contributed by atoms with van der Waals surface area (Å²) >= 11 is 0.990. The zero-order valence-electron chi connectivity index (χ0n) is 17.7. The van der Waals surface area contributed by atoms with Crippen molar-refractivity contribution in [3.8, 4) is 0 Å². The van der Waals surface area contributed by atoms with E-state index in [0.29, 0.717) is 16.7 Å². The van der Waals surface area contributed by atoms with Crippen molar-refractivity contribution in [1.82, 2.24) is 0 Å². The van der Waals surface area contributed by atoms with Crippen LogP contribution in [0.3, 0.4) is 0 Å². The number of ketones is 1. The first-order valence-corrected chi connectivity index (χ1v) is 12.1. The number of hydrogen-bond donors (Lipinski definition) is 1. The number of benzene rings is 1. The van der Waals surface area contributed by atoms with E-state index < -0.39 is 27.0 Å². The smallest absolute Gasteiger partial charge is 0.194 e. The van der Waals surface area contributed by atoms with Crippen LogP contribution in [0.1, 0.15) is 75.6 Å². The first-order chi connectivity index (χ1) is 13.2. The molecule has 0 aliphatic rings. The van der Waals surface area contributed by atoms with Gasteiger partial charge in [0.15, 0.2) is 15.6 Å². The summed E-state index contributed by atoms with van der Waals surface area (Å²) in [5.74, 6) is -1.54. The Morgan fingerprint density at radius 1 is 1.17 bits per heavy atom. The molecule has 0 amide bonds. The van der Waals surface area contributed by atoms with Crippen molar-refractivity contribution in [3.05, 3.63) is 51.7 Å². The van der Waals surface area contributed by atoms with Crippen LogP contribution >= 0.6 is 11.3 Å². The molecule has 1 heterocycles. The largest absolute Gasteiger partial charge is 0.386 e. The van der Waals surface area contributed by atoms with Crippen LogP contribution in [0.15, 0.2) is 27.8 Å². The van der Waals surface area contributed by atoms with Gasteiger partial charge in [-0.25, -0.2) is 12.8 Å². The number of carbonyl (C=O) groups is 1. The Morgan fingerprint density at radius 3 is 2.28 bits per heavy atom. The van der Waals surface area contributed by atoms with E-state index in [1.807, 2.05) is 27.7 Å². The van der Waals surface area contributed by atoms with Crippen LogP contribution in [0.4, 0.5) is 4.39 Å². The third-order valence-electron chi connectivity index (χ3n) is 4.85. The molecule has 0 radical (unpaired) electrons. The molecule has 0 atom stereocenters. The normalized spacial score (nSPS) is 12.8. The zero-order chi connectivity index (χ0) is 22.1. The summed E-state index contributed by atoms with van der Waals surface area (Å²) in [4.78, 5) is 12.7. The van der Waals surface area contributed by atoms with Gasteiger partial charge in [-0.05, 0) is 65.4 Å². The van der Waals surface area contributed by atoms with Crippen LogP contribution in [0.5, 0.6) is 0 Å². The van der Waals surface area contributed by atoms with Gasteiger partial charge in [0.2, 0.25) is 0 Å². The van der Waals surface area contributed by atoms with Crippen LogP contribution in [0.25, 0.3) is 0 Å². The second-order valence-electron chi connectivity index (χ2n) is 8.53. The van der Waals surface area contributed by atoms with E-state index in [9.17, 15) is 22.7 Å². The van der Waals surface area contributed by atoms with Crippen molar-refractivity contribution >= 4 is 27.0 Å². The zero-order valence-corrected chi connectivity index (χ0v) is 19.4. The predicted molar refractivity (Wildman–Crippen MR) is 115 cm³/mol. The van der Waals surface area contributed by atoms with Gasteiger partial charge in [-0.15, -0.1) is 11.3 Å². The quantitative estimate of drug-likeness (QED) is 0.631. The lowest BCUT2D eigenvalue weighted by atomic mass is 9.86. The molecular formula is C22H29FO4S2. The number of aliphatic hydroxyl groups is 1. The van der Waals surface area contributed by atoms with Crippen LogP contribution in [0, 0.1) is 5.82 Å². The number of sulfone groups is 1. The van der Waals surface area contributed by atoms with Crippen molar-refractivity contribution < 1.29 is 22.7 Å². The highest BCUT2D eigenvalue weighted by molar-refractivity contribution is 7.94. The Bertz CT molecular complexity index is 996. The van der Waals surface area contributed by atoms with Crippen molar-refractivity contribution in [1.29, 1.82) is 0 Å². The predicted octanol–water partition coefficient (Wildman–Crippen LogP) is 4.95. The van der Waals surface area contributed by atoms with E-state index in [1.165, 1.54) is 12.1 Å². The van der Waals surface area contributed by atoms with Crippen molar-refractivity contribution in [2.45, 2.75) is 69.6 Å². The molecule has 0 saturated heterocycles. The Labute approximate surface area is 176 Å². The van der Waals surface area contributed by atoms with E-state index in [1.54, 1.807) is 25.3 Å². The molecule has 0 unspecified atom stereocenters. The van der Waals surface area contributed by atoms with Gasteiger partial charge in [-0.3, -0.25) is 4.79 Å². The summed E-state index contributed by atoms with van der Waals surface area (Å²) in [6.07, 6.45) is -0.123. The highest BCUT2D eigenvalue weighted by atomic mass is 32.2. The van der Waals surface area contributed by atoms with Crippen molar-refractivity contribution in [3.63, 3.8) is 0 Å². The number of carbonyl (C=O) groups excluding carboxylic acids is 1. The maximum Gasteiger partial charge on any atom is 0.194 e. The highest BCUT2D eigenvalue weighted by Gasteiger charge is 2.27. The van der Waals surface area contributed by atoms with Gasteiger partial charge < -0.3 is 5.11 Å². The lowest BCUT2D eigenvalue weighted by molar-refractivity contribution is -0.116. The molecule has 0 aliphatic carbocycles. The molecule has 1 N–H and O–H groups in total. The number of rotatable bonds is 8. The molecule has 0 bridgehead atoms. The van der Waals surface area contributed by atoms with Crippen LogP contribution in [0.2, 0.25) is 0 Å². The molecule has 1 aromatic carbocycles. The van der Waals surface area contributed by atoms with Crippen LogP contribution in [-0.4, -0.2) is 25.1 Å². The van der Waals surface area contributed by atoms with E-state index in [4.69, 9.17) is 0 Å². The first-order valence-electron chi connectivity index (χ1n) is 9.61. The van der Waals surface area contributed by atoms with Gasteiger partial charge >= 0.3 is 0 Å². The Hall–Kier alpha value is -1.57. The number of halogens is 1. The Morgan fingerprint density at radius 2 is 1.79 bits per heavy atom. The average molecular weight is 441 g/mol. The van der Waals surface area contributed by atoms with Gasteiger partial charge in [-0.1, -0.05) is 33.8 Å². The van der Waals surface area contributed by atoms with Crippen molar-refractivity contribution in [2.24, 2.45) is 0 Å². The molecule has 7 heteroatoms. The third kappa shape index (κ3) is 5.53. The molecule has 0 aliphatic heterocycles. The van der Waals surface area contributed by atoms with Gasteiger partial charge in [0.25, 0.3) is 0 Å². The van der Waals surface area contributed by atoms with Crippen LogP contribution in [-0.2, 0) is 26.7 Å². The summed E-state index contributed by atoms with van der Waals surface area (Å²) in [5, 5.41) is 11.6. The molecule has 2 rings (SSSR count). The van der Waals surface area contributed by atoms with Gasteiger partial charge in [0.05, 0.1) is 5.60 Å². The summed E-state index contributed by atoms with van der Waals surface area (Å²) < 4.78 is 39.9. The second kappa shape index (κ2) is 8.66. The first kappa shape index (κ1) is 23.7. The van der Waals surface area contributed by atoms with E-state index >= 15 is 0 Å². The second-order valence-corrected chi connectivity index (χ2v) is 11.7. The topological polar surface area (TPSA) is 71.4 Å². The summed E-state index contributed by atoms with van der Waals surface area (Å²) in [7, 11) is -3.83. The molecule has 29 heavy (non-hydrogen) atoms. The van der Waals surface area contributed by atoms with E-state index in [0.717, 1.165) is 16.9 Å². The Balaban J connectivity index is 2.33. The summed E-state index contributed by atoms with van der Waals surface area (Å²) in [6, 6.07) is 4.51. The SMILES string of the molecule is CC(C)c1ccc(F)c(C(C)C)c1CC(=O)CS(=O)(=O)c1cc(C(C)(C)O)cs1. The standard InChI is InChI=1S/C22H29FO4S2/c1-13(2)17-7-8-19(23)21(14(3)4)18(17)10-16(24)12-29(26,27)20-9-15(11-28-20)22(5,6)25/h7-9,11,13-14,25H,10,12H2,1-6H3. The minimum absolute atomic E-state index is 0.0513. The molecule has 0 fully saturated rings. The maximum absolute atomic E-state index is 14.5. The summed E-state index contributed by atoms with van der Waals surface area (Å²) in [5.41, 5.74) is 1.26. The fourth-order valence-electron chi connectivity index (χ4n) is 3.35. The lowest BCUT2D eigenvalue weighted by Crippen LogP contribution is -2.20. The van der Waals surface area contributed by atoms with Crippen molar-refractivity contribution in [2.75, 3.05) is 5.75 Å². The van der Waals surface area contributed by atoms with Gasteiger partial charge in [-0.2, -0.15) is 0 Å². The highest BCUT2D eigenvalue weighted by Crippen LogP contribution is 2.32. The molecule has 0 spiro atoms. The van der Waals surface area contributed by atoms with Gasteiger partial charge in [0.1, 0.15) is 15.8 Å². The van der Waals surface area contributed by atoms with Crippen LogP contribution < -0.4 is 0 Å². The number of hydrogen-bond acceptors (Lipinski definition) is 5.